The van der Waals surface area contributed by atoms with Crippen molar-refractivity contribution in [3.05, 3.63) is 34.6 Å². The summed E-state index contributed by atoms with van der Waals surface area (Å²) in [6, 6.07) is 6.64. The maximum absolute atomic E-state index is 16.8. The molecule has 0 amide bonds. The molecule has 0 radical (unpaired) electrons. The predicted molar refractivity (Wildman–Crippen MR) is 155 cm³/mol. The number of rotatable bonds is 5. The van der Waals surface area contributed by atoms with Crippen LogP contribution in [-0.4, -0.2) is 76.4 Å². The molecule has 1 saturated carbocycles. The van der Waals surface area contributed by atoms with Gasteiger partial charge >= 0.3 is 6.01 Å². The Morgan fingerprint density at radius 2 is 1.95 bits per heavy atom. The Kier molecular flexibility index (Phi) is 5.52. The Balaban J connectivity index is 1.21. The summed E-state index contributed by atoms with van der Waals surface area (Å²) in [4.78, 5) is 19.5. The Bertz CT molecular complexity index is 1560. The van der Waals surface area contributed by atoms with Crippen molar-refractivity contribution in [1.29, 1.82) is 0 Å². The Morgan fingerprint density at radius 3 is 2.78 bits per heavy atom. The number of anilines is 1. The first-order chi connectivity index (χ1) is 20.1. The zero-order valence-corrected chi connectivity index (χ0v) is 23.8. The van der Waals surface area contributed by atoms with Crippen LogP contribution in [0.25, 0.3) is 22.2 Å². The first kappa shape index (κ1) is 24.8. The van der Waals surface area contributed by atoms with Crippen LogP contribution in [0.2, 0.25) is 5.02 Å². The van der Waals surface area contributed by atoms with Crippen molar-refractivity contribution in [1.82, 2.24) is 25.2 Å². The summed E-state index contributed by atoms with van der Waals surface area (Å²) in [5.41, 5.74) is 2.18. The lowest BCUT2D eigenvalue weighted by molar-refractivity contribution is 0.108. The van der Waals surface area contributed by atoms with Gasteiger partial charge in [-0.25, -0.2) is 9.37 Å². The van der Waals surface area contributed by atoms with Gasteiger partial charge in [0.05, 0.1) is 11.6 Å². The van der Waals surface area contributed by atoms with Crippen molar-refractivity contribution in [3.8, 4) is 23.1 Å². The van der Waals surface area contributed by atoms with Crippen molar-refractivity contribution in [2.24, 2.45) is 0 Å². The topological polar surface area (TPSA) is 75.6 Å². The van der Waals surface area contributed by atoms with Crippen LogP contribution < -0.4 is 19.7 Å². The van der Waals surface area contributed by atoms with Crippen molar-refractivity contribution < 1.29 is 13.9 Å². The first-order valence-electron chi connectivity index (χ1n) is 15.3. The molecule has 8 nitrogen and oxygen atoms in total. The third kappa shape index (κ3) is 3.81. The van der Waals surface area contributed by atoms with E-state index in [1.807, 2.05) is 18.2 Å². The van der Waals surface area contributed by atoms with E-state index >= 15 is 4.39 Å². The normalized spacial score (nSPS) is 28.0. The number of halogens is 2. The van der Waals surface area contributed by atoms with E-state index in [9.17, 15) is 0 Å². The van der Waals surface area contributed by atoms with Crippen molar-refractivity contribution in [3.63, 3.8) is 0 Å². The van der Waals surface area contributed by atoms with Gasteiger partial charge in [0.15, 0.2) is 5.82 Å². The van der Waals surface area contributed by atoms with E-state index in [-0.39, 0.29) is 28.8 Å². The number of fused-ring (bicyclic) bond motifs is 6. The molecule has 3 atom stereocenters. The molecule has 2 bridgehead atoms. The van der Waals surface area contributed by atoms with Crippen LogP contribution in [-0.2, 0) is 0 Å². The van der Waals surface area contributed by atoms with Gasteiger partial charge in [-0.15, -0.1) is 0 Å². The average Bonchev–Trinajstić information content (AvgIpc) is 3.49. The number of nitrogens with one attached hydrogen (secondary N) is 1. The minimum absolute atomic E-state index is 0.0410. The summed E-state index contributed by atoms with van der Waals surface area (Å²) in [5.74, 6) is 0.926. The SMILES string of the molecule is Fc1c(-c2cccc(Cl)c2C2CC2)nc2c3c(nc(OCC45CCCN4CCC5)nc13)N1CC3CCC(N3)C1CO2. The van der Waals surface area contributed by atoms with Gasteiger partial charge in [0.25, 0.3) is 0 Å². The van der Waals surface area contributed by atoms with Gasteiger partial charge in [-0.05, 0) is 82.0 Å². The van der Waals surface area contributed by atoms with E-state index in [4.69, 9.17) is 36.0 Å². The Hall–Kier alpha value is -2.75. The van der Waals surface area contributed by atoms with Crippen LogP contribution in [0.5, 0.6) is 11.9 Å². The molecular formula is C31H34ClFN6O2. The van der Waals surface area contributed by atoms with Gasteiger partial charge in [0, 0.05) is 29.2 Å². The van der Waals surface area contributed by atoms with Gasteiger partial charge in [-0.2, -0.15) is 9.97 Å². The molecule has 1 aromatic carbocycles. The number of pyridine rings is 1. The molecule has 3 unspecified atom stereocenters. The number of piperazine rings is 1. The highest BCUT2D eigenvalue weighted by Gasteiger charge is 2.46. The number of benzene rings is 1. The third-order valence-electron chi connectivity index (χ3n) is 10.5. The molecule has 214 valence electrons. The standard InChI is InChI=1S/C31H34ClFN6O2/c32-20-5-1-4-19(23(20)17-6-7-17)26-25(33)27-24-28(37-30(36-27)41-16-31-10-2-12-38(31)13-3-11-31)39-14-18-8-9-21(34-18)22(39)15-40-29(24)35-26/h1,4-5,17-18,21-22,34H,2-3,6-16H2. The van der Waals surface area contributed by atoms with Crippen LogP contribution in [0.4, 0.5) is 10.2 Å². The summed E-state index contributed by atoms with van der Waals surface area (Å²) < 4.78 is 29.6. The van der Waals surface area contributed by atoms with Crippen molar-refractivity contribution in [2.45, 2.75) is 80.9 Å². The van der Waals surface area contributed by atoms with E-state index in [0.717, 1.165) is 69.3 Å². The fraction of sp³-hybridized carbons (Fsp3) is 0.581. The largest absolute Gasteiger partial charge is 0.475 e. The molecular weight excluding hydrogens is 543 g/mol. The number of hydrogen-bond donors (Lipinski definition) is 1. The third-order valence-corrected chi connectivity index (χ3v) is 10.8. The van der Waals surface area contributed by atoms with Gasteiger partial charge in [0.1, 0.15) is 35.6 Å². The average molecular weight is 577 g/mol. The second-order valence-corrected chi connectivity index (χ2v) is 13.3. The minimum atomic E-state index is -0.469. The molecule has 9 rings (SSSR count). The second kappa shape index (κ2) is 9.12. The van der Waals surface area contributed by atoms with Crippen LogP contribution in [0.15, 0.2) is 18.2 Å². The maximum atomic E-state index is 16.8. The number of ether oxygens (including phenoxy) is 2. The van der Waals surface area contributed by atoms with Gasteiger partial charge in [-0.3, -0.25) is 4.90 Å². The highest BCUT2D eigenvalue weighted by atomic mass is 35.5. The minimum Gasteiger partial charge on any atom is -0.475 e. The first-order valence-corrected chi connectivity index (χ1v) is 15.7. The number of nitrogens with zero attached hydrogens (tertiary/aromatic N) is 5. The quantitative estimate of drug-likeness (QED) is 0.451. The molecule has 6 aliphatic rings. The fourth-order valence-corrected chi connectivity index (χ4v) is 8.68. The highest BCUT2D eigenvalue weighted by molar-refractivity contribution is 6.32. The van der Waals surface area contributed by atoms with E-state index in [0.29, 0.717) is 53.3 Å². The summed E-state index contributed by atoms with van der Waals surface area (Å²) in [5, 5.41) is 4.94. The van der Waals surface area contributed by atoms with Gasteiger partial charge in [-0.1, -0.05) is 23.7 Å². The predicted octanol–water partition coefficient (Wildman–Crippen LogP) is 5.07. The second-order valence-electron chi connectivity index (χ2n) is 12.9. The van der Waals surface area contributed by atoms with E-state index in [1.165, 1.54) is 12.8 Å². The lowest BCUT2D eigenvalue weighted by Crippen LogP contribution is -2.60. The summed E-state index contributed by atoms with van der Waals surface area (Å²) in [6.45, 7) is 4.00. The van der Waals surface area contributed by atoms with Gasteiger partial charge in [0.2, 0.25) is 5.88 Å². The molecule has 1 aliphatic carbocycles. The zero-order valence-electron chi connectivity index (χ0n) is 23.0. The molecule has 7 heterocycles. The molecule has 41 heavy (non-hydrogen) atoms. The molecule has 10 heteroatoms. The molecule has 3 aromatic rings. The lowest BCUT2D eigenvalue weighted by Gasteiger charge is -2.40. The van der Waals surface area contributed by atoms with Crippen LogP contribution in [0.1, 0.15) is 62.8 Å². The molecule has 5 aliphatic heterocycles. The molecule has 4 saturated heterocycles. The Labute approximate surface area is 243 Å². The smallest absolute Gasteiger partial charge is 0.319 e. The highest BCUT2D eigenvalue weighted by Crippen LogP contribution is 2.49. The lowest BCUT2D eigenvalue weighted by atomic mass is 9.95. The summed E-state index contributed by atoms with van der Waals surface area (Å²) in [6.07, 6.45) is 8.91. The van der Waals surface area contributed by atoms with Crippen LogP contribution in [0, 0.1) is 5.82 Å². The molecule has 0 spiro atoms. The molecule has 1 N–H and O–H groups in total. The maximum Gasteiger partial charge on any atom is 0.319 e. The molecule has 2 aromatic heterocycles. The zero-order chi connectivity index (χ0) is 27.3. The van der Waals surface area contributed by atoms with Crippen molar-refractivity contribution >= 4 is 28.3 Å². The van der Waals surface area contributed by atoms with E-state index in [1.54, 1.807) is 0 Å². The number of hydrogen-bond acceptors (Lipinski definition) is 8. The summed E-state index contributed by atoms with van der Waals surface area (Å²) in [7, 11) is 0. The van der Waals surface area contributed by atoms with Gasteiger partial charge < -0.3 is 19.7 Å². The monoisotopic (exact) mass is 576 g/mol. The molecule has 5 fully saturated rings. The summed E-state index contributed by atoms with van der Waals surface area (Å²) >= 11 is 6.67. The van der Waals surface area contributed by atoms with Crippen LogP contribution in [0.3, 0.4) is 0 Å². The van der Waals surface area contributed by atoms with Crippen LogP contribution >= 0.6 is 11.6 Å². The Morgan fingerprint density at radius 1 is 1.10 bits per heavy atom. The van der Waals surface area contributed by atoms with E-state index < -0.39 is 5.82 Å². The van der Waals surface area contributed by atoms with E-state index in [2.05, 4.69) is 15.1 Å². The number of aromatic nitrogens is 3. The fourth-order valence-electron chi connectivity index (χ4n) is 8.35. The van der Waals surface area contributed by atoms with Crippen molar-refractivity contribution in [2.75, 3.05) is 37.7 Å².